The zero-order valence-electron chi connectivity index (χ0n) is 11.4. The summed E-state index contributed by atoms with van der Waals surface area (Å²) in [6.45, 7) is 5.71. The second-order valence-corrected chi connectivity index (χ2v) is 6.31. The first kappa shape index (κ1) is 14.7. The van der Waals surface area contributed by atoms with Crippen molar-refractivity contribution < 1.29 is 14.3 Å². The van der Waals surface area contributed by atoms with Crippen molar-refractivity contribution in [1.29, 1.82) is 0 Å². The van der Waals surface area contributed by atoms with Crippen LogP contribution in [0.3, 0.4) is 0 Å². The van der Waals surface area contributed by atoms with Crippen molar-refractivity contribution >= 4 is 39.7 Å². The molecule has 0 unspecified atom stereocenters. The predicted molar refractivity (Wildman–Crippen MR) is 79.8 cm³/mol. The number of ether oxygens (including phenoxy) is 1. The highest BCUT2D eigenvalue weighted by Gasteiger charge is 2.18. The van der Waals surface area contributed by atoms with Crippen LogP contribution in [0.4, 0.5) is 5.13 Å². The van der Waals surface area contributed by atoms with Gasteiger partial charge in [0.25, 0.3) is 5.91 Å². The van der Waals surface area contributed by atoms with Crippen molar-refractivity contribution in [3.8, 4) is 0 Å². The number of rotatable bonds is 4. The number of aromatic nitrogens is 1. The van der Waals surface area contributed by atoms with E-state index in [1.54, 1.807) is 19.9 Å². The topological polar surface area (TPSA) is 68.3 Å². The van der Waals surface area contributed by atoms with E-state index in [1.807, 2.05) is 13.0 Å². The third-order valence-electron chi connectivity index (χ3n) is 2.44. The summed E-state index contributed by atoms with van der Waals surface area (Å²) < 4.78 is 4.94. The van der Waals surface area contributed by atoms with Crippen LogP contribution in [0, 0.1) is 13.8 Å². The zero-order valence-corrected chi connectivity index (χ0v) is 13.0. The number of nitrogens with zero attached hydrogens (tertiary/aromatic N) is 1. The van der Waals surface area contributed by atoms with Crippen LogP contribution < -0.4 is 5.32 Å². The van der Waals surface area contributed by atoms with E-state index in [0.717, 1.165) is 16.2 Å². The van der Waals surface area contributed by atoms with E-state index in [2.05, 4.69) is 10.3 Å². The number of carbonyl (C=O) groups excluding carboxylic acids is 2. The third-order valence-corrected chi connectivity index (χ3v) is 4.49. The Labute approximate surface area is 124 Å². The largest absolute Gasteiger partial charge is 0.462 e. The van der Waals surface area contributed by atoms with Gasteiger partial charge < -0.3 is 4.74 Å². The van der Waals surface area contributed by atoms with Gasteiger partial charge in [-0.15, -0.1) is 11.3 Å². The maximum atomic E-state index is 12.0. The van der Waals surface area contributed by atoms with Gasteiger partial charge in [-0.05, 0) is 32.9 Å². The van der Waals surface area contributed by atoms with Crippen molar-refractivity contribution in [2.24, 2.45) is 0 Å². The van der Waals surface area contributed by atoms with Gasteiger partial charge in [-0.1, -0.05) is 11.3 Å². The van der Waals surface area contributed by atoms with E-state index in [9.17, 15) is 9.59 Å². The van der Waals surface area contributed by atoms with Crippen LogP contribution >= 0.6 is 22.7 Å². The second kappa shape index (κ2) is 6.15. The van der Waals surface area contributed by atoms with Crippen LogP contribution in [0.5, 0.6) is 0 Å². The molecule has 0 fully saturated rings. The number of nitrogens with one attached hydrogen (secondary N) is 1. The number of thiophene rings is 1. The summed E-state index contributed by atoms with van der Waals surface area (Å²) >= 11 is 2.54. The van der Waals surface area contributed by atoms with Crippen LogP contribution in [-0.4, -0.2) is 23.5 Å². The first-order valence-corrected chi connectivity index (χ1v) is 7.67. The summed E-state index contributed by atoms with van der Waals surface area (Å²) in [5.41, 5.74) is 0.561. The van der Waals surface area contributed by atoms with E-state index >= 15 is 0 Å². The Morgan fingerprint density at radius 1 is 1.30 bits per heavy atom. The van der Waals surface area contributed by atoms with Gasteiger partial charge in [0.2, 0.25) is 0 Å². The maximum Gasteiger partial charge on any atom is 0.350 e. The van der Waals surface area contributed by atoms with Crippen molar-refractivity contribution in [2.75, 3.05) is 11.9 Å². The lowest BCUT2D eigenvalue weighted by Gasteiger charge is -1.98. The molecule has 2 rings (SSSR count). The van der Waals surface area contributed by atoms with Crippen molar-refractivity contribution in [2.45, 2.75) is 20.8 Å². The quantitative estimate of drug-likeness (QED) is 0.880. The van der Waals surface area contributed by atoms with Crippen LogP contribution in [0.1, 0.15) is 36.8 Å². The third kappa shape index (κ3) is 3.23. The summed E-state index contributed by atoms with van der Waals surface area (Å²) in [5, 5.41) is 3.11. The summed E-state index contributed by atoms with van der Waals surface area (Å²) in [5.74, 6) is -0.623. The highest BCUT2D eigenvalue weighted by molar-refractivity contribution is 7.18. The first-order valence-electron chi connectivity index (χ1n) is 6.03. The molecule has 2 aromatic heterocycles. The number of esters is 1. The second-order valence-electron chi connectivity index (χ2n) is 4.02. The molecule has 0 aliphatic carbocycles. The lowest BCUT2D eigenvalue weighted by molar-refractivity contribution is 0.0531. The molecule has 0 aliphatic rings. The van der Waals surface area contributed by atoms with Gasteiger partial charge in [-0.3, -0.25) is 10.1 Å². The van der Waals surface area contributed by atoms with Crippen molar-refractivity contribution in [3.63, 3.8) is 0 Å². The highest BCUT2D eigenvalue weighted by Crippen LogP contribution is 2.25. The monoisotopic (exact) mass is 310 g/mol. The summed E-state index contributed by atoms with van der Waals surface area (Å²) in [4.78, 5) is 30.0. The van der Waals surface area contributed by atoms with Gasteiger partial charge in [-0.25, -0.2) is 9.78 Å². The molecule has 0 aliphatic heterocycles. The molecule has 0 atom stereocenters. The van der Waals surface area contributed by atoms with Crippen LogP contribution in [0.15, 0.2) is 12.1 Å². The smallest absolute Gasteiger partial charge is 0.350 e. The number of amides is 1. The van der Waals surface area contributed by atoms with Gasteiger partial charge in [0.15, 0.2) is 5.13 Å². The molecule has 0 saturated heterocycles. The van der Waals surface area contributed by atoms with E-state index < -0.39 is 5.97 Å². The van der Waals surface area contributed by atoms with E-state index in [1.165, 1.54) is 11.3 Å². The molecule has 0 radical (unpaired) electrons. The van der Waals surface area contributed by atoms with Gasteiger partial charge >= 0.3 is 5.97 Å². The Balaban J connectivity index is 2.12. The number of hydrogen-bond acceptors (Lipinski definition) is 6. The Hall–Kier alpha value is -1.73. The van der Waals surface area contributed by atoms with Gasteiger partial charge in [0.05, 0.1) is 17.2 Å². The Kier molecular flexibility index (Phi) is 4.51. The molecule has 20 heavy (non-hydrogen) atoms. The molecule has 5 nitrogen and oxygen atoms in total. The molecule has 1 N–H and O–H groups in total. The molecular formula is C13H14N2O3S2. The molecule has 0 spiro atoms. The number of aryl methyl sites for hydroxylation is 2. The minimum absolute atomic E-state index is 0.216. The molecule has 0 aromatic carbocycles. The molecule has 2 aromatic rings. The molecule has 7 heteroatoms. The number of anilines is 1. The number of hydrogen-bond donors (Lipinski definition) is 1. The Bertz CT molecular complexity index is 646. The van der Waals surface area contributed by atoms with Gasteiger partial charge in [-0.2, -0.15) is 0 Å². The molecule has 0 bridgehead atoms. The summed E-state index contributed by atoms with van der Waals surface area (Å²) in [6.07, 6.45) is 0. The Morgan fingerprint density at radius 2 is 2.05 bits per heavy atom. The fourth-order valence-electron chi connectivity index (χ4n) is 1.55. The lowest BCUT2D eigenvalue weighted by atomic mass is 10.4. The van der Waals surface area contributed by atoms with Crippen molar-refractivity contribution in [1.82, 2.24) is 4.98 Å². The molecule has 0 saturated carbocycles. The summed E-state index contributed by atoms with van der Waals surface area (Å²) in [7, 11) is 0. The number of carbonyl (C=O) groups is 2. The normalized spacial score (nSPS) is 10.3. The number of thiazole rings is 1. The van der Waals surface area contributed by atoms with E-state index in [4.69, 9.17) is 4.74 Å². The van der Waals surface area contributed by atoms with E-state index in [0.29, 0.717) is 27.2 Å². The van der Waals surface area contributed by atoms with Crippen molar-refractivity contribution in [3.05, 3.63) is 32.5 Å². The van der Waals surface area contributed by atoms with Gasteiger partial charge in [0.1, 0.15) is 4.88 Å². The maximum absolute atomic E-state index is 12.0. The average molecular weight is 310 g/mol. The molecular weight excluding hydrogens is 296 g/mol. The summed E-state index contributed by atoms with van der Waals surface area (Å²) in [6, 6.07) is 3.65. The minimum atomic E-state index is -0.407. The molecule has 2 heterocycles. The Morgan fingerprint density at radius 3 is 2.65 bits per heavy atom. The lowest BCUT2D eigenvalue weighted by Crippen LogP contribution is -2.09. The molecule has 1 amide bonds. The molecule has 106 valence electrons. The SMILES string of the molecule is CCOC(=O)c1sc(NC(=O)c2ccc(C)s2)nc1C. The standard InChI is InChI=1S/C13H14N2O3S2/c1-4-18-12(17)10-8(3)14-13(20-10)15-11(16)9-6-5-7(2)19-9/h5-6H,4H2,1-3H3,(H,14,15,16). The fourth-order valence-corrected chi connectivity index (χ4v) is 3.17. The zero-order chi connectivity index (χ0) is 14.7. The van der Waals surface area contributed by atoms with Crippen LogP contribution in [0.2, 0.25) is 0 Å². The first-order chi connectivity index (χ1) is 9.51. The van der Waals surface area contributed by atoms with Crippen LogP contribution in [0.25, 0.3) is 0 Å². The minimum Gasteiger partial charge on any atom is -0.462 e. The van der Waals surface area contributed by atoms with E-state index in [-0.39, 0.29) is 5.91 Å². The van der Waals surface area contributed by atoms with Gasteiger partial charge in [0, 0.05) is 4.88 Å². The predicted octanol–water partition coefficient (Wildman–Crippen LogP) is 3.25. The highest BCUT2D eigenvalue weighted by atomic mass is 32.1. The van der Waals surface area contributed by atoms with Crippen LogP contribution in [-0.2, 0) is 4.74 Å². The average Bonchev–Trinajstić information content (AvgIpc) is 2.96. The fraction of sp³-hybridized carbons (Fsp3) is 0.308.